The molecule has 6 nitrogen and oxygen atoms in total. The van der Waals surface area contributed by atoms with Crippen molar-refractivity contribution in [2.24, 2.45) is 0 Å². The van der Waals surface area contributed by atoms with Crippen LogP contribution in [0, 0.1) is 0 Å². The lowest BCUT2D eigenvalue weighted by atomic mass is 9.97. The molecule has 10 aromatic carbocycles. The summed E-state index contributed by atoms with van der Waals surface area (Å²) in [4.78, 5) is 15.5. The second-order valence-corrected chi connectivity index (χ2v) is 17.5. The minimum absolute atomic E-state index is 0.564. The largest absolute Gasteiger partial charge is 0.456 e. The third-order valence-electron chi connectivity index (χ3n) is 13.5. The first-order valence-electron chi connectivity index (χ1n) is 23.2. The SMILES string of the molecule is c1ccc(-c2ccc(-c3nc(-c4ccccc4)nc(-c4cccc5oc6ccc(-c7ccc8c(oc9ccccc98)c7-n7c8ccccc8c8cc(-c9ccccc9)ccc87)cc6c45)n3)cc2)cc1. The molecule has 0 aliphatic rings. The molecule has 6 heteroatoms. The lowest BCUT2D eigenvalue weighted by molar-refractivity contribution is 0.666. The monoisotopic (exact) mass is 882 g/mol. The number of hydrogen-bond acceptors (Lipinski definition) is 5. The first kappa shape index (κ1) is 38.8. The molecule has 0 amide bonds. The van der Waals surface area contributed by atoms with Gasteiger partial charge in [-0.3, -0.25) is 0 Å². The van der Waals surface area contributed by atoms with Crippen molar-refractivity contribution in [1.82, 2.24) is 19.5 Å². The molecule has 322 valence electrons. The molecular formula is C63H38N4O2. The third kappa shape index (κ3) is 6.38. The Kier molecular flexibility index (Phi) is 8.79. The maximum Gasteiger partial charge on any atom is 0.164 e. The van der Waals surface area contributed by atoms with E-state index in [4.69, 9.17) is 23.8 Å². The van der Waals surface area contributed by atoms with Gasteiger partial charge in [0.25, 0.3) is 0 Å². The first-order chi connectivity index (χ1) is 34.2. The van der Waals surface area contributed by atoms with E-state index in [9.17, 15) is 0 Å². The van der Waals surface area contributed by atoms with Crippen molar-refractivity contribution in [3.05, 3.63) is 231 Å². The van der Waals surface area contributed by atoms with E-state index in [1.165, 1.54) is 21.9 Å². The molecule has 4 aromatic heterocycles. The lowest BCUT2D eigenvalue weighted by Crippen LogP contribution is -2.00. The van der Waals surface area contributed by atoms with Gasteiger partial charge in [0.05, 0.1) is 16.7 Å². The second kappa shape index (κ2) is 15.6. The van der Waals surface area contributed by atoms with Gasteiger partial charge in [-0.15, -0.1) is 0 Å². The minimum Gasteiger partial charge on any atom is -0.456 e. The van der Waals surface area contributed by atoms with Crippen LogP contribution in [0.15, 0.2) is 239 Å². The summed E-state index contributed by atoms with van der Waals surface area (Å²) in [5.74, 6) is 1.75. The predicted molar refractivity (Wildman–Crippen MR) is 281 cm³/mol. The fourth-order valence-electron chi connectivity index (χ4n) is 10.2. The highest BCUT2D eigenvalue weighted by molar-refractivity contribution is 6.17. The Hall–Kier alpha value is -9.39. The Morgan fingerprint density at radius 2 is 0.826 bits per heavy atom. The topological polar surface area (TPSA) is 69.9 Å². The Morgan fingerprint density at radius 1 is 0.290 bits per heavy atom. The van der Waals surface area contributed by atoms with Crippen LogP contribution in [0.3, 0.4) is 0 Å². The molecule has 69 heavy (non-hydrogen) atoms. The number of aromatic nitrogens is 4. The van der Waals surface area contributed by atoms with Crippen LogP contribution in [0.2, 0.25) is 0 Å². The van der Waals surface area contributed by atoms with Gasteiger partial charge in [-0.05, 0) is 76.3 Å². The number of hydrogen-bond donors (Lipinski definition) is 0. The quantitative estimate of drug-likeness (QED) is 0.159. The van der Waals surface area contributed by atoms with Gasteiger partial charge in [-0.25, -0.2) is 15.0 Å². The number of para-hydroxylation sites is 2. The minimum atomic E-state index is 0.564. The normalized spacial score (nSPS) is 11.8. The highest BCUT2D eigenvalue weighted by atomic mass is 16.3. The van der Waals surface area contributed by atoms with Crippen molar-refractivity contribution < 1.29 is 8.83 Å². The van der Waals surface area contributed by atoms with Crippen LogP contribution < -0.4 is 0 Å². The molecule has 0 aliphatic heterocycles. The summed E-state index contributed by atoms with van der Waals surface area (Å²) in [5, 5.41) is 6.37. The van der Waals surface area contributed by atoms with Gasteiger partial charge in [-0.1, -0.05) is 182 Å². The maximum atomic E-state index is 6.94. The van der Waals surface area contributed by atoms with Crippen LogP contribution in [-0.2, 0) is 0 Å². The molecule has 0 bridgehead atoms. The van der Waals surface area contributed by atoms with Crippen LogP contribution in [0.25, 0.3) is 139 Å². The molecule has 14 aromatic rings. The molecule has 0 spiro atoms. The summed E-state index contributed by atoms with van der Waals surface area (Å²) in [7, 11) is 0. The highest BCUT2D eigenvalue weighted by Crippen LogP contribution is 2.45. The van der Waals surface area contributed by atoms with Crippen LogP contribution in [0.5, 0.6) is 0 Å². The number of rotatable bonds is 7. The maximum absolute atomic E-state index is 6.94. The fourth-order valence-corrected chi connectivity index (χ4v) is 10.2. The van der Waals surface area contributed by atoms with E-state index >= 15 is 0 Å². The van der Waals surface area contributed by atoms with E-state index in [0.29, 0.717) is 17.5 Å². The van der Waals surface area contributed by atoms with Gasteiger partial charge in [0.15, 0.2) is 23.1 Å². The molecule has 0 unspecified atom stereocenters. The van der Waals surface area contributed by atoms with Crippen LogP contribution in [-0.4, -0.2) is 19.5 Å². The zero-order valence-corrected chi connectivity index (χ0v) is 37.0. The van der Waals surface area contributed by atoms with Gasteiger partial charge < -0.3 is 13.4 Å². The summed E-state index contributed by atoms with van der Waals surface area (Å²) in [6, 6.07) is 80.4. The predicted octanol–water partition coefficient (Wildman–Crippen LogP) is 16.8. The van der Waals surface area contributed by atoms with Gasteiger partial charge >= 0.3 is 0 Å². The average Bonchev–Trinajstić information content (AvgIpc) is 4.10. The Balaban J connectivity index is 0.987. The van der Waals surface area contributed by atoms with Crippen LogP contribution >= 0.6 is 0 Å². The van der Waals surface area contributed by atoms with Crippen LogP contribution in [0.1, 0.15) is 0 Å². The Morgan fingerprint density at radius 3 is 1.59 bits per heavy atom. The molecule has 4 heterocycles. The summed E-state index contributed by atoms with van der Waals surface area (Å²) < 4.78 is 16.0. The molecule has 0 saturated carbocycles. The van der Waals surface area contributed by atoms with Crippen molar-refractivity contribution in [2.45, 2.75) is 0 Å². The molecular weight excluding hydrogens is 845 g/mol. The zero-order chi connectivity index (χ0) is 45.4. The van der Waals surface area contributed by atoms with E-state index in [0.717, 1.165) is 99.5 Å². The van der Waals surface area contributed by atoms with Gasteiger partial charge in [0.2, 0.25) is 0 Å². The van der Waals surface area contributed by atoms with Crippen LogP contribution in [0.4, 0.5) is 0 Å². The van der Waals surface area contributed by atoms with Crippen molar-refractivity contribution in [1.29, 1.82) is 0 Å². The summed E-state index contributed by atoms with van der Waals surface area (Å²) >= 11 is 0. The third-order valence-corrected chi connectivity index (χ3v) is 13.5. The molecule has 0 saturated heterocycles. The molecule has 14 rings (SSSR count). The molecule has 0 atom stereocenters. The van der Waals surface area contributed by atoms with Gasteiger partial charge in [-0.2, -0.15) is 0 Å². The van der Waals surface area contributed by atoms with E-state index < -0.39 is 0 Å². The summed E-state index contributed by atoms with van der Waals surface area (Å²) in [6.45, 7) is 0. The summed E-state index contributed by atoms with van der Waals surface area (Å²) in [5.41, 5.74) is 15.7. The lowest BCUT2D eigenvalue weighted by Gasteiger charge is -2.15. The van der Waals surface area contributed by atoms with Crippen molar-refractivity contribution >= 4 is 65.7 Å². The Bertz CT molecular complexity index is 4290. The van der Waals surface area contributed by atoms with E-state index in [1.807, 2.05) is 54.6 Å². The van der Waals surface area contributed by atoms with E-state index in [-0.39, 0.29) is 0 Å². The van der Waals surface area contributed by atoms with Gasteiger partial charge in [0.1, 0.15) is 16.7 Å². The summed E-state index contributed by atoms with van der Waals surface area (Å²) in [6.07, 6.45) is 0. The highest BCUT2D eigenvalue weighted by Gasteiger charge is 2.24. The van der Waals surface area contributed by atoms with Crippen molar-refractivity contribution in [3.63, 3.8) is 0 Å². The molecule has 0 fully saturated rings. The number of nitrogens with zero attached hydrogens (tertiary/aromatic N) is 4. The smallest absolute Gasteiger partial charge is 0.164 e. The number of fused-ring (bicyclic) bond motifs is 9. The van der Waals surface area contributed by atoms with E-state index in [1.54, 1.807) is 0 Å². The molecule has 0 N–H and O–H groups in total. The van der Waals surface area contributed by atoms with Crippen molar-refractivity contribution in [3.8, 4) is 73.2 Å². The second-order valence-electron chi connectivity index (χ2n) is 17.5. The first-order valence-corrected chi connectivity index (χ1v) is 23.2. The number of furan rings is 2. The van der Waals surface area contributed by atoms with Crippen molar-refractivity contribution in [2.75, 3.05) is 0 Å². The Labute approximate surface area is 396 Å². The van der Waals surface area contributed by atoms with E-state index in [2.05, 4.69) is 180 Å². The number of benzene rings is 10. The molecule has 0 radical (unpaired) electrons. The fraction of sp³-hybridized carbons (Fsp3) is 0. The van der Waals surface area contributed by atoms with Gasteiger partial charge in [0, 0.05) is 54.6 Å². The zero-order valence-electron chi connectivity index (χ0n) is 37.0. The average molecular weight is 883 g/mol. The standard InChI is InChI=1S/C63H38N4O2/c1-4-15-39(16-5-1)41-27-29-43(30-28-41)62-64-61(42-19-8-3-9-20-42)65-63(66-62)50-23-14-26-57-58(50)52-38-45(32-36-56(52)68-57)46-33-34-49-48-22-11-13-25-55(48)69-60(49)59(46)67-53-24-12-10-21-47(53)51-37-44(31-35-54(51)67)40-17-6-2-7-18-40/h1-38H. The molecule has 0 aliphatic carbocycles.